The van der Waals surface area contributed by atoms with Crippen LogP contribution in [0.3, 0.4) is 0 Å². The molecule has 1 aromatic heterocycles. The molecule has 4 rings (SSSR count). The Morgan fingerprint density at radius 2 is 2.05 bits per heavy atom. The molecule has 2 fully saturated rings. The summed E-state index contributed by atoms with van der Waals surface area (Å²) in [4.78, 5) is 10.1. The van der Waals surface area contributed by atoms with Gasteiger partial charge in [-0.2, -0.15) is 13.2 Å². The average Bonchev–Trinajstić information content (AvgIpc) is 2.99. The third kappa shape index (κ3) is 2.72. The first-order valence-electron chi connectivity index (χ1n) is 7.78. The highest BCUT2D eigenvalue weighted by Crippen LogP contribution is 2.35. The first kappa shape index (κ1) is 14.1. The number of alkyl halides is 3. The lowest BCUT2D eigenvalue weighted by Crippen LogP contribution is -2.22. The van der Waals surface area contributed by atoms with Crippen LogP contribution >= 0.6 is 0 Å². The Labute approximate surface area is 126 Å². The number of hydrogen-bond donors (Lipinski definition) is 1. The van der Waals surface area contributed by atoms with Gasteiger partial charge >= 0.3 is 6.18 Å². The van der Waals surface area contributed by atoms with Gasteiger partial charge < -0.3 is 9.88 Å². The summed E-state index contributed by atoms with van der Waals surface area (Å²) in [6, 6.07) is 3.71. The minimum Gasteiger partial charge on any atom is -0.342 e. The number of fused-ring (bicyclic) bond motifs is 1. The van der Waals surface area contributed by atoms with Gasteiger partial charge in [0.05, 0.1) is 16.6 Å². The van der Waals surface area contributed by atoms with Crippen molar-refractivity contribution in [3.63, 3.8) is 0 Å². The van der Waals surface area contributed by atoms with E-state index < -0.39 is 11.7 Å². The highest BCUT2D eigenvalue weighted by atomic mass is 19.4. The van der Waals surface area contributed by atoms with Crippen LogP contribution in [0, 0.1) is 5.92 Å². The van der Waals surface area contributed by atoms with Gasteiger partial charge in [-0.25, -0.2) is 4.98 Å². The van der Waals surface area contributed by atoms with Gasteiger partial charge in [0.25, 0.3) is 0 Å². The first-order valence-corrected chi connectivity index (χ1v) is 7.78. The van der Waals surface area contributed by atoms with Crippen LogP contribution in [0.5, 0.6) is 0 Å². The monoisotopic (exact) mass is 309 g/mol. The Hall–Kier alpha value is -1.56. The largest absolute Gasteiger partial charge is 0.416 e. The predicted molar refractivity (Wildman–Crippen MR) is 77.6 cm³/mol. The van der Waals surface area contributed by atoms with Crippen LogP contribution in [0.25, 0.3) is 11.0 Å². The van der Waals surface area contributed by atoms with Gasteiger partial charge in [0, 0.05) is 19.0 Å². The third-order valence-corrected chi connectivity index (χ3v) is 4.70. The fraction of sp³-hybridized carbons (Fsp3) is 0.562. The molecule has 0 bridgehead atoms. The van der Waals surface area contributed by atoms with Crippen molar-refractivity contribution in [2.75, 3.05) is 19.6 Å². The second kappa shape index (κ2) is 4.98. The predicted octanol–water partition coefficient (Wildman–Crippen LogP) is 3.78. The third-order valence-electron chi connectivity index (χ3n) is 4.70. The number of likely N-dealkylation sites (tertiary alicyclic amines) is 1. The van der Waals surface area contributed by atoms with Gasteiger partial charge in [-0.3, -0.25) is 0 Å². The summed E-state index contributed by atoms with van der Waals surface area (Å²) in [6.07, 6.45) is -0.607. The fourth-order valence-corrected chi connectivity index (χ4v) is 3.29. The normalized spacial score (nSPS) is 23.5. The van der Waals surface area contributed by atoms with E-state index in [2.05, 4.69) is 14.9 Å². The Morgan fingerprint density at radius 1 is 1.23 bits per heavy atom. The molecule has 0 amide bonds. The Kier molecular flexibility index (Phi) is 3.18. The number of aromatic amines is 1. The van der Waals surface area contributed by atoms with Crippen molar-refractivity contribution < 1.29 is 13.2 Å². The van der Waals surface area contributed by atoms with E-state index in [0.29, 0.717) is 17.0 Å². The van der Waals surface area contributed by atoms with Gasteiger partial charge in [-0.1, -0.05) is 0 Å². The minimum absolute atomic E-state index is 0.306. The highest BCUT2D eigenvalue weighted by molar-refractivity contribution is 5.76. The van der Waals surface area contributed by atoms with Crippen molar-refractivity contribution in [1.82, 2.24) is 14.9 Å². The first-order chi connectivity index (χ1) is 10.5. The Balaban J connectivity index is 1.54. The van der Waals surface area contributed by atoms with Gasteiger partial charge in [-0.05, 0) is 49.9 Å². The summed E-state index contributed by atoms with van der Waals surface area (Å²) in [5.41, 5.74) is 0.464. The number of benzene rings is 1. The van der Waals surface area contributed by atoms with E-state index >= 15 is 0 Å². The zero-order chi connectivity index (χ0) is 15.3. The molecule has 1 N–H and O–H groups in total. The Morgan fingerprint density at radius 3 is 2.77 bits per heavy atom. The van der Waals surface area contributed by atoms with E-state index in [1.807, 2.05) is 0 Å². The molecule has 3 nitrogen and oxygen atoms in total. The molecule has 2 aromatic rings. The van der Waals surface area contributed by atoms with Crippen LogP contribution in [-0.4, -0.2) is 34.5 Å². The summed E-state index contributed by atoms with van der Waals surface area (Å²) in [5.74, 6) is 2.00. The van der Waals surface area contributed by atoms with Crippen LogP contribution in [0.1, 0.15) is 36.6 Å². The van der Waals surface area contributed by atoms with Gasteiger partial charge in [0.15, 0.2) is 0 Å². The number of nitrogens with zero attached hydrogens (tertiary/aromatic N) is 2. The van der Waals surface area contributed by atoms with E-state index in [1.165, 1.54) is 18.9 Å². The second-order valence-electron chi connectivity index (χ2n) is 6.54. The number of hydrogen-bond acceptors (Lipinski definition) is 2. The molecule has 22 heavy (non-hydrogen) atoms. The molecule has 0 radical (unpaired) electrons. The molecule has 2 heterocycles. The van der Waals surface area contributed by atoms with Gasteiger partial charge in [0.1, 0.15) is 5.82 Å². The number of H-pyrrole nitrogens is 1. The molecule has 1 aliphatic carbocycles. The average molecular weight is 309 g/mol. The summed E-state index contributed by atoms with van der Waals surface area (Å²) in [5, 5.41) is 0. The minimum atomic E-state index is -4.31. The lowest BCUT2D eigenvalue weighted by atomic mass is 10.1. The van der Waals surface area contributed by atoms with Crippen LogP contribution in [0.4, 0.5) is 13.2 Å². The SMILES string of the molecule is FC(F)(F)c1ccc2nc([C@H]3CCN(CC4CC4)C3)[nH]c2c1. The summed E-state index contributed by atoms with van der Waals surface area (Å²) >= 11 is 0. The lowest BCUT2D eigenvalue weighted by molar-refractivity contribution is -0.137. The van der Waals surface area contributed by atoms with Crippen molar-refractivity contribution in [2.45, 2.75) is 31.4 Å². The van der Waals surface area contributed by atoms with Gasteiger partial charge in [0.2, 0.25) is 0 Å². The standard InChI is InChI=1S/C16H18F3N3/c17-16(18,19)12-3-4-13-14(7-12)21-15(20-13)11-5-6-22(9-11)8-10-1-2-10/h3-4,7,10-11H,1-2,5-6,8-9H2,(H,20,21)/t11-/m0/s1. The fourth-order valence-electron chi connectivity index (χ4n) is 3.29. The summed E-state index contributed by atoms with van der Waals surface area (Å²) in [7, 11) is 0. The molecule has 1 aliphatic heterocycles. The van der Waals surface area contributed by atoms with Crippen LogP contribution < -0.4 is 0 Å². The molecule has 2 aliphatic rings. The molecule has 1 saturated carbocycles. The van der Waals surface area contributed by atoms with Crippen molar-refractivity contribution in [2.24, 2.45) is 5.92 Å². The van der Waals surface area contributed by atoms with E-state index in [4.69, 9.17) is 0 Å². The van der Waals surface area contributed by atoms with Crippen molar-refractivity contribution in [1.29, 1.82) is 0 Å². The number of imidazole rings is 1. The topological polar surface area (TPSA) is 31.9 Å². The van der Waals surface area contributed by atoms with Crippen molar-refractivity contribution >= 4 is 11.0 Å². The zero-order valence-electron chi connectivity index (χ0n) is 12.2. The molecule has 1 saturated heterocycles. The molecule has 118 valence electrons. The number of aromatic nitrogens is 2. The number of nitrogens with one attached hydrogen (secondary N) is 1. The van der Waals surface area contributed by atoms with Crippen LogP contribution in [0.15, 0.2) is 18.2 Å². The van der Waals surface area contributed by atoms with E-state index in [9.17, 15) is 13.2 Å². The molecule has 0 unspecified atom stereocenters. The van der Waals surface area contributed by atoms with Crippen molar-refractivity contribution in [3.05, 3.63) is 29.6 Å². The highest BCUT2D eigenvalue weighted by Gasteiger charge is 2.32. The molecule has 1 aromatic carbocycles. The van der Waals surface area contributed by atoms with E-state index in [0.717, 1.165) is 49.9 Å². The summed E-state index contributed by atoms with van der Waals surface area (Å²) in [6.45, 7) is 3.18. The molecule has 1 atom stereocenters. The Bertz CT molecular complexity index is 687. The van der Waals surface area contributed by atoms with Crippen molar-refractivity contribution in [3.8, 4) is 0 Å². The van der Waals surface area contributed by atoms with Crippen LogP contribution in [-0.2, 0) is 6.18 Å². The number of halogens is 3. The van der Waals surface area contributed by atoms with E-state index in [1.54, 1.807) is 0 Å². The number of rotatable bonds is 3. The maximum absolute atomic E-state index is 12.8. The maximum atomic E-state index is 12.8. The second-order valence-corrected chi connectivity index (χ2v) is 6.54. The maximum Gasteiger partial charge on any atom is 0.416 e. The van der Waals surface area contributed by atoms with Gasteiger partial charge in [-0.15, -0.1) is 0 Å². The smallest absolute Gasteiger partial charge is 0.342 e. The molecular weight excluding hydrogens is 291 g/mol. The summed E-state index contributed by atoms with van der Waals surface area (Å²) < 4.78 is 38.3. The lowest BCUT2D eigenvalue weighted by Gasteiger charge is -2.14. The van der Waals surface area contributed by atoms with Crippen LogP contribution in [0.2, 0.25) is 0 Å². The van der Waals surface area contributed by atoms with E-state index in [-0.39, 0.29) is 0 Å². The molecular formula is C16H18F3N3. The molecule has 6 heteroatoms. The molecule has 0 spiro atoms. The zero-order valence-corrected chi connectivity index (χ0v) is 12.2. The quantitative estimate of drug-likeness (QED) is 0.935.